The first kappa shape index (κ1) is 23.8. The predicted octanol–water partition coefficient (Wildman–Crippen LogP) is 5.56. The van der Waals surface area contributed by atoms with Crippen molar-refractivity contribution in [2.24, 2.45) is 0 Å². The maximum atomic E-state index is 14.0. The Morgan fingerprint density at radius 1 is 1.08 bits per heavy atom. The minimum absolute atomic E-state index is 0.0397. The molecule has 10 heteroatoms. The number of fused-ring (bicyclic) bond motifs is 1. The molecule has 36 heavy (non-hydrogen) atoms. The quantitative estimate of drug-likeness (QED) is 0.349. The molecular weight excluding hydrogens is 469 g/mol. The van der Waals surface area contributed by atoms with Crippen molar-refractivity contribution in [1.29, 1.82) is 0 Å². The van der Waals surface area contributed by atoms with E-state index in [-0.39, 0.29) is 11.9 Å². The van der Waals surface area contributed by atoms with Crippen molar-refractivity contribution >= 4 is 22.9 Å². The van der Waals surface area contributed by atoms with Crippen molar-refractivity contribution in [2.75, 3.05) is 18.0 Å². The highest BCUT2D eigenvalue weighted by molar-refractivity contribution is 5.84. The van der Waals surface area contributed by atoms with Crippen LogP contribution in [0.3, 0.4) is 0 Å². The van der Waals surface area contributed by atoms with Gasteiger partial charge < -0.3 is 9.64 Å². The normalized spacial score (nSPS) is 14.3. The second kappa shape index (κ2) is 9.96. The van der Waals surface area contributed by atoms with E-state index in [0.29, 0.717) is 54.0 Å². The number of pyridine rings is 1. The van der Waals surface area contributed by atoms with E-state index >= 15 is 0 Å². The molecule has 1 fully saturated rings. The van der Waals surface area contributed by atoms with Crippen molar-refractivity contribution in [3.8, 4) is 17.0 Å². The highest BCUT2D eigenvalue weighted by Gasteiger charge is 2.26. The smallest absolute Gasteiger partial charge is 0.181 e. The Hall–Kier alpha value is -3.95. The molecule has 0 unspecified atom stereocenters. The fraction of sp³-hybridized carbons (Fsp3) is 0.308. The zero-order chi connectivity index (χ0) is 25.2. The van der Waals surface area contributed by atoms with Crippen LogP contribution in [0.25, 0.3) is 28.4 Å². The van der Waals surface area contributed by atoms with E-state index in [1.165, 1.54) is 16.8 Å². The number of piperidine rings is 1. The summed E-state index contributed by atoms with van der Waals surface area (Å²) in [5.74, 6) is -0.678. The first-order valence-corrected chi connectivity index (χ1v) is 11.7. The number of allylic oxidation sites excluding steroid dienone is 1. The third kappa shape index (κ3) is 5.02. The fourth-order valence-electron chi connectivity index (χ4n) is 4.24. The van der Waals surface area contributed by atoms with E-state index in [0.717, 1.165) is 17.3 Å². The largest absolute Gasteiger partial charge is 0.487 e. The molecule has 1 aliphatic heterocycles. The van der Waals surface area contributed by atoms with Crippen LogP contribution in [0.1, 0.15) is 32.4 Å². The maximum absolute atomic E-state index is 14.0. The van der Waals surface area contributed by atoms with Gasteiger partial charge in [0.15, 0.2) is 24.2 Å². The molecule has 186 valence electrons. The van der Waals surface area contributed by atoms with Gasteiger partial charge in [-0.3, -0.25) is 4.98 Å². The van der Waals surface area contributed by atoms with E-state index in [2.05, 4.69) is 15.0 Å². The summed E-state index contributed by atoms with van der Waals surface area (Å²) in [6, 6.07) is 5.18. The van der Waals surface area contributed by atoms with Gasteiger partial charge in [0.25, 0.3) is 0 Å². The molecule has 0 bridgehead atoms. The van der Waals surface area contributed by atoms with Crippen molar-refractivity contribution in [3.05, 3.63) is 65.8 Å². The van der Waals surface area contributed by atoms with Gasteiger partial charge in [-0.1, -0.05) is 5.57 Å². The van der Waals surface area contributed by atoms with Gasteiger partial charge >= 0.3 is 0 Å². The summed E-state index contributed by atoms with van der Waals surface area (Å²) >= 11 is 0. The number of nitrogens with zero attached hydrogens (tertiary/aromatic N) is 6. The lowest BCUT2D eigenvalue weighted by atomic mass is 10.1. The van der Waals surface area contributed by atoms with E-state index in [4.69, 9.17) is 14.7 Å². The van der Waals surface area contributed by atoms with Crippen LogP contribution >= 0.6 is 0 Å². The van der Waals surface area contributed by atoms with E-state index in [1.807, 2.05) is 26.0 Å². The Kier molecular flexibility index (Phi) is 6.58. The summed E-state index contributed by atoms with van der Waals surface area (Å²) < 4.78 is 47.4. The van der Waals surface area contributed by atoms with E-state index < -0.39 is 18.4 Å². The van der Waals surface area contributed by atoms with Gasteiger partial charge in [0.1, 0.15) is 23.1 Å². The number of hydrogen-bond donors (Lipinski definition) is 0. The van der Waals surface area contributed by atoms with Gasteiger partial charge in [0.2, 0.25) is 0 Å². The van der Waals surface area contributed by atoms with Crippen molar-refractivity contribution in [2.45, 2.75) is 39.6 Å². The van der Waals surface area contributed by atoms with Gasteiger partial charge in [-0.2, -0.15) is 5.10 Å². The maximum Gasteiger partial charge on any atom is 0.181 e. The lowest BCUT2D eigenvalue weighted by molar-refractivity contribution is 0.163. The minimum atomic E-state index is -0.742. The summed E-state index contributed by atoms with van der Waals surface area (Å²) in [5.41, 5.74) is 4.46. The highest BCUT2D eigenvalue weighted by Crippen LogP contribution is 2.32. The number of aromatic nitrogens is 5. The molecule has 5 rings (SSSR count). The van der Waals surface area contributed by atoms with Crippen molar-refractivity contribution in [1.82, 2.24) is 24.7 Å². The monoisotopic (exact) mass is 494 g/mol. The number of anilines is 1. The lowest BCUT2D eigenvalue weighted by Gasteiger charge is -2.33. The molecule has 0 saturated carbocycles. The highest BCUT2D eigenvalue weighted by atomic mass is 19.1. The first-order valence-electron chi connectivity index (χ1n) is 11.7. The predicted molar refractivity (Wildman–Crippen MR) is 131 cm³/mol. The molecule has 0 radical (unpaired) electrons. The Balaban J connectivity index is 1.44. The SMILES string of the molecule is CC(C)=Cc1cc2nc(-c3cnn(CF)c3)c(N3CCC(Oc4ccc(F)cc4F)CC3)nc2cn1. The molecular formula is C26H25F3N6O. The topological polar surface area (TPSA) is 69.0 Å². The van der Waals surface area contributed by atoms with Crippen molar-refractivity contribution < 1.29 is 17.9 Å². The molecule has 1 aromatic carbocycles. The van der Waals surface area contributed by atoms with Crippen LogP contribution in [0.5, 0.6) is 5.75 Å². The Morgan fingerprint density at radius 2 is 1.89 bits per heavy atom. The van der Waals surface area contributed by atoms with Gasteiger partial charge in [0.05, 0.1) is 23.6 Å². The lowest BCUT2D eigenvalue weighted by Crippen LogP contribution is -2.39. The van der Waals surface area contributed by atoms with Crippen LogP contribution in [0.4, 0.5) is 19.0 Å². The average Bonchev–Trinajstić information content (AvgIpc) is 3.34. The third-order valence-corrected chi connectivity index (χ3v) is 5.95. The van der Waals surface area contributed by atoms with Crippen LogP contribution in [0, 0.1) is 11.6 Å². The Bertz CT molecular complexity index is 1420. The van der Waals surface area contributed by atoms with Gasteiger partial charge in [-0.25, -0.2) is 27.8 Å². The molecule has 0 amide bonds. The second-order valence-corrected chi connectivity index (χ2v) is 8.98. The number of hydrogen-bond acceptors (Lipinski definition) is 6. The molecule has 3 aromatic heterocycles. The number of alkyl halides is 1. The molecule has 1 saturated heterocycles. The summed E-state index contributed by atoms with van der Waals surface area (Å²) in [7, 11) is 0. The summed E-state index contributed by atoms with van der Waals surface area (Å²) in [6.45, 7) is 4.42. The van der Waals surface area contributed by atoms with Gasteiger partial charge in [-0.05, 0) is 38.1 Å². The summed E-state index contributed by atoms with van der Waals surface area (Å²) in [5, 5.41) is 4.06. The Morgan fingerprint density at radius 3 is 2.58 bits per heavy atom. The van der Waals surface area contributed by atoms with Crippen LogP contribution in [0.15, 0.2) is 48.4 Å². The number of ether oxygens (including phenoxy) is 1. The number of benzene rings is 1. The molecule has 7 nitrogen and oxygen atoms in total. The van der Waals surface area contributed by atoms with E-state index in [9.17, 15) is 13.2 Å². The molecule has 1 aliphatic rings. The first-order chi connectivity index (χ1) is 17.4. The number of rotatable bonds is 6. The van der Waals surface area contributed by atoms with Gasteiger partial charge in [-0.15, -0.1) is 0 Å². The zero-order valence-electron chi connectivity index (χ0n) is 20.0. The van der Waals surface area contributed by atoms with Crippen LogP contribution in [0.2, 0.25) is 0 Å². The molecule has 0 spiro atoms. The second-order valence-electron chi connectivity index (χ2n) is 8.98. The Labute approximate surface area is 206 Å². The van der Waals surface area contributed by atoms with Crippen LogP contribution in [-0.2, 0) is 6.80 Å². The third-order valence-electron chi connectivity index (χ3n) is 5.95. The summed E-state index contributed by atoms with van der Waals surface area (Å²) in [4.78, 5) is 16.3. The molecule has 0 aliphatic carbocycles. The van der Waals surface area contributed by atoms with Crippen LogP contribution in [-0.4, -0.2) is 43.9 Å². The fourth-order valence-corrected chi connectivity index (χ4v) is 4.24. The van der Waals surface area contributed by atoms with E-state index in [1.54, 1.807) is 18.6 Å². The molecule has 4 heterocycles. The molecule has 4 aromatic rings. The molecule has 0 atom stereocenters. The summed E-state index contributed by atoms with van der Waals surface area (Å²) in [6.07, 6.45) is 7.83. The minimum Gasteiger partial charge on any atom is -0.487 e. The molecule has 0 N–H and O–H groups in total. The average molecular weight is 495 g/mol. The number of halogens is 3. The van der Waals surface area contributed by atoms with Gasteiger partial charge in [0, 0.05) is 43.8 Å². The zero-order valence-corrected chi connectivity index (χ0v) is 20.0. The van der Waals surface area contributed by atoms with Crippen molar-refractivity contribution in [3.63, 3.8) is 0 Å². The standard InChI is InChI=1S/C26H25F3N6O/c1-16(2)9-19-11-22-23(13-30-19)33-26(25(32-22)17-12-31-35(14-17)15-27)34-7-5-20(6-8-34)36-24-4-3-18(28)10-21(24)29/h3-4,9-14,20H,5-8,15H2,1-2H3. The van der Waals surface area contributed by atoms with Crippen LogP contribution < -0.4 is 9.64 Å².